The van der Waals surface area contributed by atoms with Crippen molar-refractivity contribution in [3.05, 3.63) is 65.3 Å². The molecule has 0 fully saturated rings. The van der Waals surface area contributed by atoms with Crippen molar-refractivity contribution in [2.75, 3.05) is 10.6 Å². The summed E-state index contributed by atoms with van der Waals surface area (Å²) >= 11 is 1.15. The van der Waals surface area contributed by atoms with E-state index >= 15 is 0 Å². The molecule has 10 heteroatoms. The number of amides is 2. The van der Waals surface area contributed by atoms with Crippen LogP contribution in [0.3, 0.4) is 0 Å². The van der Waals surface area contributed by atoms with Gasteiger partial charge in [-0.1, -0.05) is 30.3 Å². The molecular formula is C18H11F4N3O2S. The minimum absolute atomic E-state index is 0.143. The molecule has 0 aliphatic rings. The lowest BCUT2D eigenvalue weighted by atomic mass is 10.1. The highest BCUT2D eigenvalue weighted by atomic mass is 32.1. The van der Waals surface area contributed by atoms with Crippen LogP contribution in [0.1, 0.15) is 10.4 Å². The van der Waals surface area contributed by atoms with Gasteiger partial charge < -0.3 is 5.32 Å². The number of hydrogen-bond donors (Lipinski definition) is 2. The molecule has 3 rings (SSSR count). The topological polar surface area (TPSA) is 71.1 Å². The molecule has 144 valence electrons. The highest BCUT2D eigenvalue weighted by molar-refractivity contribution is 7.14. The van der Waals surface area contributed by atoms with Crippen molar-refractivity contribution in [3.8, 4) is 11.3 Å². The van der Waals surface area contributed by atoms with Crippen LogP contribution in [-0.2, 0) is 4.79 Å². The van der Waals surface area contributed by atoms with Gasteiger partial charge in [0.25, 0.3) is 5.91 Å². The average molecular weight is 409 g/mol. The molecule has 0 saturated carbocycles. The lowest BCUT2D eigenvalue weighted by Crippen LogP contribution is -2.30. The largest absolute Gasteiger partial charge is 0.471 e. The second-order valence-electron chi connectivity index (χ2n) is 5.50. The van der Waals surface area contributed by atoms with Crippen molar-refractivity contribution in [2.45, 2.75) is 6.18 Å². The predicted molar refractivity (Wildman–Crippen MR) is 96.6 cm³/mol. The number of rotatable bonds is 4. The summed E-state index contributed by atoms with van der Waals surface area (Å²) < 4.78 is 50.7. The quantitative estimate of drug-likeness (QED) is 0.614. The van der Waals surface area contributed by atoms with Crippen LogP contribution in [0, 0.1) is 5.82 Å². The molecule has 0 spiro atoms. The maximum atomic E-state index is 13.7. The number of nitrogens with zero attached hydrogens (tertiary/aromatic N) is 1. The molecular weight excluding hydrogens is 398 g/mol. The highest BCUT2D eigenvalue weighted by Gasteiger charge is 2.39. The molecule has 0 bridgehead atoms. The molecule has 0 unspecified atom stereocenters. The van der Waals surface area contributed by atoms with Gasteiger partial charge in [0.2, 0.25) is 0 Å². The Kier molecular flexibility index (Phi) is 5.41. The number of anilines is 2. The van der Waals surface area contributed by atoms with E-state index in [1.54, 1.807) is 5.38 Å². The molecule has 5 nitrogen and oxygen atoms in total. The number of nitrogens with one attached hydrogen (secondary N) is 2. The molecule has 1 heterocycles. The first-order chi connectivity index (χ1) is 13.2. The van der Waals surface area contributed by atoms with Gasteiger partial charge >= 0.3 is 12.1 Å². The van der Waals surface area contributed by atoms with Crippen molar-refractivity contribution >= 4 is 34.0 Å². The van der Waals surface area contributed by atoms with Crippen LogP contribution in [0.25, 0.3) is 11.3 Å². The molecule has 0 saturated heterocycles. The first kappa shape index (κ1) is 19.5. The monoisotopic (exact) mass is 409 g/mol. The van der Waals surface area contributed by atoms with E-state index in [0.717, 1.165) is 35.1 Å². The summed E-state index contributed by atoms with van der Waals surface area (Å²) in [4.78, 5) is 27.5. The van der Waals surface area contributed by atoms with E-state index in [0.29, 0.717) is 5.69 Å². The van der Waals surface area contributed by atoms with Crippen LogP contribution in [0.2, 0.25) is 0 Å². The molecule has 28 heavy (non-hydrogen) atoms. The van der Waals surface area contributed by atoms with Crippen molar-refractivity contribution in [1.82, 2.24) is 4.98 Å². The van der Waals surface area contributed by atoms with E-state index in [1.807, 2.05) is 30.3 Å². The van der Waals surface area contributed by atoms with Crippen LogP contribution in [0.15, 0.2) is 53.9 Å². The summed E-state index contributed by atoms with van der Waals surface area (Å²) in [5.41, 5.74) is 0.589. The number of alkyl halides is 3. The van der Waals surface area contributed by atoms with Gasteiger partial charge in [-0.2, -0.15) is 13.2 Å². The summed E-state index contributed by atoms with van der Waals surface area (Å²) in [6, 6.07) is 11.9. The maximum Gasteiger partial charge on any atom is 0.471 e. The number of thiazole rings is 1. The summed E-state index contributed by atoms with van der Waals surface area (Å²) in [5, 5.41) is 5.88. The van der Waals surface area contributed by atoms with Crippen molar-refractivity contribution in [2.24, 2.45) is 0 Å². The van der Waals surface area contributed by atoms with Crippen LogP contribution >= 0.6 is 11.3 Å². The van der Waals surface area contributed by atoms with Gasteiger partial charge in [-0.3, -0.25) is 14.9 Å². The standard InChI is InChI=1S/C18H11F4N3O2S/c19-12-7-6-11(8-13(12)23-16(27)18(20,21)22)15(26)25-17-24-14(9-28-17)10-4-2-1-3-5-10/h1-9H,(H,23,27)(H,24,25,26). The third-order valence-electron chi connectivity index (χ3n) is 3.53. The Morgan fingerprint density at radius 2 is 1.71 bits per heavy atom. The van der Waals surface area contributed by atoms with Crippen LogP contribution < -0.4 is 10.6 Å². The fourth-order valence-electron chi connectivity index (χ4n) is 2.20. The van der Waals surface area contributed by atoms with Gasteiger partial charge in [-0.05, 0) is 18.2 Å². The first-order valence-electron chi connectivity index (χ1n) is 7.74. The van der Waals surface area contributed by atoms with E-state index in [2.05, 4.69) is 10.3 Å². The van der Waals surface area contributed by atoms with Gasteiger partial charge in [-0.15, -0.1) is 11.3 Å². The molecule has 0 aliphatic carbocycles. The van der Waals surface area contributed by atoms with Gasteiger partial charge in [0, 0.05) is 16.5 Å². The smallest absolute Gasteiger partial charge is 0.316 e. The van der Waals surface area contributed by atoms with Gasteiger partial charge in [0.05, 0.1) is 11.4 Å². The normalized spacial score (nSPS) is 11.1. The fraction of sp³-hybridized carbons (Fsp3) is 0.0556. The second kappa shape index (κ2) is 7.77. The zero-order chi connectivity index (χ0) is 20.3. The third-order valence-corrected chi connectivity index (χ3v) is 4.29. The number of carbonyl (C=O) groups is 2. The minimum Gasteiger partial charge on any atom is -0.316 e. The minimum atomic E-state index is -5.18. The Bertz CT molecular complexity index is 1020. The van der Waals surface area contributed by atoms with Crippen LogP contribution in [-0.4, -0.2) is 23.0 Å². The Morgan fingerprint density at radius 1 is 1.00 bits per heavy atom. The Labute approximate surface area is 160 Å². The zero-order valence-electron chi connectivity index (χ0n) is 13.9. The third kappa shape index (κ3) is 4.52. The number of carbonyl (C=O) groups excluding carboxylic acids is 2. The van der Waals surface area contributed by atoms with E-state index < -0.39 is 29.5 Å². The molecule has 0 radical (unpaired) electrons. The molecule has 0 aliphatic heterocycles. The molecule has 2 amide bonds. The summed E-state index contributed by atoms with van der Waals surface area (Å²) in [6.07, 6.45) is -5.18. The van der Waals surface area contributed by atoms with Crippen LogP contribution in [0.4, 0.5) is 28.4 Å². The predicted octanol–water partition coefficient (Wildman–Crippen LogP) is 4.70. The summed E-state index contributed by atoms with van der Waals surface area (Å²) in [6.45, 7) is 0. The first-order valence-corrected chi connectivity index (χ1v) is 8.62. The van der Waals surface area contributed by atoms with Crippen molar-refractivity contribution in [3.63, 3.8) is 0 Å². The van der Waals surface area contributed by atoms with Gasteiger partial charge in [0.1, 0.15) is 5.82 Å². The molecule has 2 aromatic carbocycles. The molecule has 2 N–H and O–H groups in total. The number of aromatic nitrogens is 1. The number of halogens is 4. The Morgan fingerprint density at radius 3 is 2.39 bits per heavy atom. The van der Waals surface area contributed by atoms with E-state index in [1.165, 1.54) is 5.32 Å². The Hall–Kier alpha value is -3.27. The summed E-state index contributed by atoms with van der Waals surface area (Å²) in [7, 11) is 0. The molecule has 3 aromatic rings. The molecule has 1 aromatic heterocycles. The maximum absolute atomic E-state index is 13.7. The van der Waals surface area contributed by atoms with E-state index in [-0.39, 0.29) is 10.7 Å². The van der Waals surface area contributed by atoms with E-state index in [4.69, 9.17) is 0 Å². The Balaban J connectivity index is 1.75. The lowest BCUT2D eigenvalue weighted by molar-refractivity contribution is -0.167. The number of benzene rings is 2. The number of hydrogen-bond acceptors (Lipinski definition) is 4. The lowest BCUT2D eigenvalue weighted by Gasteiger charge is -2.10. The fourth-order valence-corrected chi connectivity index (χ4v) is 2.91. The summed E-state index contributed by atoms with van der Waals surface area (Å²) in [5.74, 6) is -4.15. The van der Waals surface area contributed by atoms with Gasteiger partial charge in [0.15, 0.2) is 5.13 Å². The second-order valence-corrected chi connectivity index (χ2v) is 6.36. The van der Waals surface area contributed by atoms with E-state index in [9.17, 15) is 27.2 Å². The van der Waals surface area contributed by atoms with Crippen molar-refractivity contribution < 1.29 is 27.2 Å². The SMILES string of the molecule is O=C(Nc1nc(-c2ccccc2)cs1)c1ccc(F)c(NC(=O)C(F)(F)F)c1. The van der Waals surface area contributed by atoms with Crippen molar-refractivity contribution in [1.29, 1.82) is 0 Å². The average Bonchev–Trinajstić information content (AvgIpc) is 3.12. The molecule has 0 atom stereocenters. The highest BCUT2D eigenvalue weighted by Crippen LogP contribution is 2.26. The zero-order valence-corrected chi connectivity index (χ0v) is 14.7. The van der Waals surface area contributed by atoms with Crippen LogP contribution in [0.5, 0.6) is 0 Å². The van der Waals surface area contributed by atoms with Gasteiger partial charge in [-0.25, -0.2) is 9.37 Å².